The molecule has 1 aliphatic heterocycles. The Morgan fingerprint density at radius 2 is 1.42 bits per heavy atom. The Morgan fingerprint density at radius 3 is 2.05 bits per heavy atom. The summed E-state index contributed by atoms with van der Waals surface area (Å²) in [4.78, 5) is 16.2. The zero-order valence-electron chi connectivity index (χ0n) is 24.3. The molecule has 4 aromatic carbocycles. The molecule has 0 saturated carbocycles. The van der Waals surface area contributed by atoms with E-state index in [1.807, 2.05) is 87.6 Å². The second-order valence-electron chi connectivity index (χ2n) is 11.2. The predicted molar refractivity (Wildman–Crippen MR) is 171 cm³/mol. The van der Waals surface area contributed by atoms with Crippen LogP contribution in [0, 0.1) is 18.3 Å². The fourth-order valence-electron chi connectivity index (χ4n) is 6.29. The van der Waals surface area contributed by atoms with Gasteiger partial charge in [0.25, 0.3) is 5.56 Å². The van der Waals surface area contributed by atoms with Crippen LogP contribution in [-0.4, -0.2) is 42.5 Å². The number of pyridine rings is 1. The summed E-state index contributed by atoms with van der Waals surface area (Å²) in [5, 5.41) is 10.7. The lowest BCUT2D eigenvalue weighted by Crippen LogP contribution is -2.58. The van der Waals surface area contributed by atoms with Crippen molar-refractivity contribution in [2.24, 2.45) is 0 Å². The second kappa shape index (κ2) is 11.2. The lowest BCUT2D eigenvalue weighted by molar-refractivity contribution is 0.241. The summed E-state index contributed by atoms with van der Waals surface area (Å²) in [7, 11) is -3.60. The van der Waals surface area contributed by atoms with Gasteiger partial charge in [0.15, 0.2) is 0 Å². The second-order valence-corrected chi connectivity index (χ2v) is 13.0. The molecule has 0 bridgehead atoms. The van der Waals surface area contributed by atoms with Crippen LogP contribution in [-0.2, 0) is 10.0 Å². The quantitative estimate of drug-likeness (QED) is 0.247. The van der Waals surface area contributed by atoms with Gasteiger partial charge in [-0.1, -0.05) is 42.5 Å². The van der Waals surface area contributed by atoms with Crippen molar-refractivity contribution < 1.29 is 8.42 Å². The van der Waals surface area contributed by atoms with Crippen LogP contribution in [0.5, 0.6) is 0 Å². The standard InChI is InChI=1S/C35H32N4O3S/c1-24-21-38(35(40)33-11-7-10-32(34(24)33)28-14-12-27(20-36)13-15-28)30-18-16-29(17-19-30)37-22-25(2)39(26(3)23-37)43(41,42)31-8-5-4-6-9-31/h4-19,21,25-26H,22-23H2,1-3H3. The summed E-state index contributed by atoms with van der Waals surface area (Å²) in [5.74, 6) is 0. The summed E-state index contributed by atoms with van der Waals surface area (Å²) in [6.45, 7) is 7.01. The Hall–Kier alpha value is -4.71. The number of hydrogen-bond acceptors (Lipinski definition) is 5. The van der Waals surface area contributed by atoms with Gasteiger partial charge in [0.05, 0.1) is 16.5 Å². The van der Waals surface area contributed by atoms with Crippen molar-refractivity contribution in [2.45, 2.75) is 37.8 Å². The molecule has 1 saturated heterocycles. The van der Waals surface area contributed by atoms with Crippen LogP contribution in [0.1, 0.15) is 25.0 Å². The van der Waals surface area contributed by atoms with Gasteiger partial charge in [-0.15, -0.1) is 0 Å². The highest BCUT2D eigenvalue weighted by molar-refractivity contribution is 7.89. The van der Waals surface area contributed by atoms with Crippen LogP contribution >= 0.6 is 0 Å². The van der Waals surface area contributed by atoms with Crippen molar-refractivity contribution >= 4 is 26.5 Å². The fourth-order valence-corrected chi connectivity index (χ4v) is 8.11. The van der Waals surface area contributed by atoms with E-state index in [2.05, 4.69) is 11.0 Å². The number of anilines is 1. The number of aryl methyl sites for hydroxylation is 1. The van der Waals surface area contributed by atoms with E-state index in [9.17, 15) is 13.2 Å². The van der Waals surface area contributed by atoms with Gasteiger partial charge in [-0.3, -0.25) is 9.36 Å². The molecule has 216 valence electrons. The van der Waals surface area contributed by atoms with Gasteiger partial charge in [0.1, 0.15) is 0 Å². The molecule has 43 heavy (non-hydrogen) atoms. The molecule has 0 spiro atoms. The van der Waals surface area contributed by atoms with Crippen LogP contribution in [0.4, 0.5) is 5.69 Å². The number of fused-ring (bicyclic) bond motifs is 1. The molecular formula is C35H32N4O3S. The first-order chi connectivity index (χ1) is 20.7. The van der Waals surface area contributed by atoms with Gasteiger partial charge in [-0.2, -0.15) is 9.57 Å². The van der Waals surface area contributed by atoms with Crippen LogP contribution in [0.15, 0.2) is 113 Å². The maximum Gasteiger partial charge on any atom is 0.262 e. The molecule has 2 heterocycles. The van der Waals surface area contributed by atoms with E-state index in [-0.39, 0.29) is 17.6 Å². The number of rotatable bonds is 5. The van der Waals surface area contributed by atoms with Crippen LogP contribution in [0.2, 0.25) is 0 Å². The molecule has 2 unspecified atom stereocenters. The van der Waals surface area contributed by atoms with Crippen molar-refractivity contribution in [1.82, 2.24) is 8.87 Å². The highest BCUT2D eigenvalue weighted by Gasteiger charge is 2.38. The first-order valence-corrected chi connectivity index (χ1v) is 15.7. The minimum atomic E-state index is -3.60. The van der Waals surface area contributed by atoms with Crippen molar-refractivity contribution in [3.63, 3.8) is 0 Å². The Kier molecular flexibility index (Phi) is 7.38. The molecule has 1 aliphatic rings. The van der Waals surface area contributed by atoms with Crippen molar-refractivity contribution in [3.05, 3.63) is 125 Å². The van der Waals surface area contributed by atoms with Crippen molar-refractivity contribution in [2.75, 3.05) is 18.0 Å². The highest BCUT2D eigenvalue weighted by Crippen LogP contribution is 2.31. The molecule has 1 fully saturated rings. The van der Waals surface area contributed by atoms with Crippen LogP contribution < -0.4 is 10.5 Å². The Bertz CT molecular complexity index is 2000. The summed E-state index contributed by atoms with van der Waals surface area (Å²) < 4.78 is 30.1. The normalized spacial score (nSPS) is 17.6. The molecule has 0 N–H and O–H groups in total. The molecule has 5 aromatic rings. The first-order valence-electron chi connectivity index (χ1n) is 14.3. The smallest absolute Gasteiger partial charge is 0.262 e. The van der Waals surface area contributed by atoms with E-state index in [1.165, 1.54) is 0 Å². The topological polar surface area (TPSA) is 86.4 Å². The zero-order valence-corrected chi connectivity index (χ0v) is 25.1. The number of hydrogen-bond donors (Lipinski definition) is 0. The molecule has 1 aromatic heterocycles. The SMILES string of the molecule is Cc1cn(-c2ccc(N3CC(C)N(S(=O)(=O)c4ccccc4)C(C)C3)cc2)c(=O)c2cccc(-c3ccc(C#N)cc3)c12. The van der Waals surface area contributed by atoms with Crippen molar-refractivity contribution in [1.29, 1.82) is 5.26 Å². The molecule has 2 atom stereocenters. The number of piperazine rings is 1. The van der Waals surface area contributed by atoms with Gasteiger partial charge in [-0.25, -0.2) is 8.42 Å². The van der Waals surface area contributed by atoms with E-state index in [0.717, 1.165) is 33.5 Å². The average Bonchev–Trinajstić information content (AvgIpc) is 3.02. The van der Waals surface area contributed by atoms with Gasteiger partial charge in [0.2, 0.25) is 10.0 Å². The van der Waals surface area contributed by atoms with Gasteiger partial charge in [0, 0.05) is 48.1 Å². The summed E-state index contributed by atoms with van der Waals surface area (Å²) >= 11 is 0. The van der Waals surface area contributed by atoms with E-state index in [4.69, 9.17) is 5.26 Å². The number of nitriles is 1. The Balaban J connectivity index is 1.28. The summed E-state index contributed by atoms with van der Waals surface area (Å²) in [6, 6.07) is 31.3. The average molecular weight is 589 g/mol. The molecule has 0 radical (unpaired) electrons. The fraction of sp³-hybridized carbons (Fsp3) is 0.200. The number of sulfonamides is 1. The van der Waals surface area contributed by atoms with E-state index in [0.29, 0.717) is 28.9 Å². The van der Waals surface area contributed by atoms with Gasteiger partial charge >= 0.3 is 0 Å². The minimum absolute atomic E-state index is 0.106. The third-order valence-electron chi connectivity index (χ3n) is 8.21. The van der Waals surface area contributed by atoms with Crippen LogP contribution in [0.25, 0.3) is 27.6 Å². The van der Waals surface area contributed by atoms with E-state index >= 15 is 0 Å². The highest BCUT2D eigenvalue weighted by atomic mass is 32.2. The monoisotopic (exact) mass is 588 g/mol. The summed E-state index contributed by atoms with van der Waals surface area (Å²) in [6.07, 6.45) is 1.88. The molecule has 7 nitrogen and oxygen atoms in total. The molecule has 0 aliphatic carbocycles. The van der Waals surface area contributed by atoms with E-state index < -0.39 is 10.0 Å². The lowest BCUT2D eigenvalue weighted by atomic mass is 9.96. The summed E-state index contributed by atoms with van der Waals surface area (Å²) in [5.41, 5.74) is 5.10. The maximum absolute atomic E-state index is 13.7. The predicted octanol–water partition coefficient (Wildman–Crippen LogP) is 6.13. The molecular weight excluding hydrogens is 556 g/mol. The largest absolute Gasteiger partial charge is 0.368 e. The molecule has 0 amide bonds. The number of aromatic nitrogens is 1. The number of nitrogens with zero attached hydrogens (tertiary/aromatic N) is 4. The number of benzene rings is 4. The van der Waals surface area contributed by atoms with Gasteiger partial charge < -0.3 is 4.90 Å². The Morgan fingerprint density at radius 1 is 0.791 bits per heavy atom. The third kappa shape index (κ3) is 5.11. The molecule has 8 heteroatoms. The van der Waals surface area contributed by atoms with Gasteiger partial charge in [-0.05, 0) is 97.4 Å². The lowest BCUT2D eigenvalue weighted by Gasteiger charge is -2.44. The molecule has 6 rings (SSSR count). The van der Waals surface area contributed by atoms with E-state index in [1.54, 1.807) is 45.3 Å². The third-order valence-corrected chi connectivity index (χ3v) is 10.3. The zero-order chi connectivity index (χ0) is 30.3. The maximum atomic E-state index is 13.7. The van der Waals surface area contributed by atoms with Crippen molar-refractivity contribution in [3.8, 4) is 22.9 Å². The first kappa shape index (κ1) is 28.4. The Labute approximate surface area is 251 Å². The van der Waals surface area contributed by atoms with Crippen LogP contribution in [0.3, 0.4) is 0 Å². The minimum Gasteiger partial charge on any atom is -0.368 e.